The third kappa shape index (κ3) is 5.61. The van der Waals surface area contributed by atoms with Crippen LogP contribution in [-0.4, -0.2) is 56.9 Å². The number of carbonyl (C=O) groups is 2. The van der Waals surface area contributed by atoms with Crippen LogP contribution in [0.5, 0.6) is 0 Å². The summed E-state index contributed by atoms with van der Waals surface area (Å²) in [4.78, 5) is 26.0. The topological polar surface area (TPSA) is 105 Å². The Labute approximate surface area is 194 Å². The summed E-state index contributed by atoms with van der Waals surface area (Å²) in [5, 5.41) is 5.72. The minimum atomic E-state index is -3.66. The van der Waals surface area contributed by atoms with Crippen LogP contribution in [0.25, 0.3) is 0 Å². The number of amides is 2. The van der Waals surface area contributed by atoms with Gasteiger partial charge in [0.2, 0.25) is 15.9 Å². The van der Waals surface area contributed by atoms with E-state index in [1.807, 2.05) is 0 Å². The minimum absolute atomic E-state index is 0.0236. The van der Waals surface area contributed by atoms with E-state index < -0.39 is 15.9 Å². The van der Waals surface area contributed by atoms with Gasteiger partial charge in [-0.15, -0.1) is 0 Å². The summed E-state index contributed by atoms with van der Waals surface area (Å²) in [6, 6.07) is 15.1. The van der Waals surface area contributed by atoms with Gasteiger partial charge >= 0.3 is 0 Å². The Bertz CT molecular complexity index is 1080. The number of benzene rings is 2. The van der Waals surface area contributed by atoms with Crippen molar-refractivity contribution in [2.75, 3.05) is 31.6 Å². The Kier molecular flexibility index (Phi) is 7.42. The van der Waals surface area contributed by atoms with Gasteiger partial charge in [0.25, 0.3) is 5.91 Å². The molecule has 0 bridgehead atoms. The highest BCUT2D eigenvalue weighted by molar-refractivity contribution is 7.89. The molecule has 0 radical (unpaired) electrons. The summed E-state index contributed by atoms with van der Waals surface area (Å²) in [6.07, 6.45) is 3.11. The number of hydrogen-bond donors (Lipinski definition) is 2. The third-order valence-electron chi connectivity index (χ3n) is 6.08. The number of sulfonamides is 1. The van der Waals surface area contributed by atoms with Gasteiger partial charge in [0.15, 0.2) is 0 Å². The average Bonchev–Trinajstić information content (AvgIpc) is 3.37. The predicted molar refractivity (Wildman–Crippen MR) is 124 cm³/mol. The first kappa shape index (κ1) is 23.4. The van der Waals surface area contributed by atoms with E-state index >= 15 is 0 Å². The van der Waals surface area contributed by atoms with E-state index in [1.54, 1.807) is 54.6 Å². The molecule has 176 valence electrons. The zero-order chi connectivity index (χ0) is 23.3. The maximum absolute atomic E-state index is 13.0. The van der Waals surface area contributed by atoms with Gasteiger partial charge in [-0.2, -0.15) is 4.31 Å². The molecule has 2 N–H and O–H groups in total. The maximum atomic E-state index is 13.0. The van der Waals surface area contributed by atoms with Crippen molar-refractivity contribution >= 4 is 27.5 Å². The van der Waals surface area contributed by atoms with Gasteiger partial charge in [0.05, 0.1) is 28.2 Å². The van der Waals surface area contributed by atoms with Crippen molar-refractivity contribution in [2.24, 2.45) is 5.92 Å². The van der Waals surface area contributed by atoms with Gasteiger partial charge in [0.1, 0.15) is 0 Å². The quantitative estimate of drug-likeness (QED) is 0.646. The normalized spacial score (nSPS) is 21.5. The van der Waals surface area contributed by atoms with E-state index in [1.165, 1.54) is 4.31 Å². The number of nitrogens with zero attached hydrogens (tertiary/aromatic N) is 1. The number of anilines is 1. The van der Waals surface area contributed by atoms with Crippen LogP contribution in [0.15, 0.2) is 59.5 Å². The molecule has 0 aliphatic carbocycles. The Hall–Kier alpha value is -2.75. The van der Waals surface area contributed by atoms with Crippen molar-refractivity contribution < 1.29 is 22.7 Å². The van der Waals surface area contributed by atoms with Crippen molar-refractivity contribution in [3.8, 4) is 0 Å². The first-order chi connectivity index (χ1) is 15.9. The lowest BCUT2D eigenvalue weighted by atomic mass is 9.98. The largest absolute Gasteiger partial charge is 0.376 e. The van der Waals surface area contributed by atoms with Crippen LogP contribution in [0.4, 0.5) is 5.69 Å². The molecule has 2 saturated heterocycles. The van der Waals surface area contributed by atoms with Gasteiger partial charge in [-0.3, -0.25) is 9.59 Å². The third-order valence-corrected chi connectivity index (χ3v) is 7.96. The fraction of sp³-hybridized carbons (Fsp3) is 0.417. The molecule has 2 aliphatic rings. The lowest BCUT2D eigenvalue weighted by Crippen LogP contribution is -2.43. The summed E-state index contributed by atoms with van der Waals surface area (Å²) in [5.41, 5.74) is 0.781. The number of nitrogens with one attached hydrogen (secondary N) is 2. The molecule has 9 heteroatoms. The summed E-state index contributed by atoms with van der Waals surface area (Å²) < 4.78 is 32.9. The van der Waals surface area contributed by atoms with Gasteiger partial charge in [-0.1, -0.05) is 30.3 Å². The van der Waals surface area contributed by atoms with E-state index in [-0.39, 0.29) is 29.4 Å². The molecule has 2 aromatic carbocycles. The monoisotopic (exact) mass is 471 g/mol. The molecule has 0 spiro atoms. The van der Waals surface area contributed by atoms with E-state index in [0.29, 0.717) is 43.8 Å². The average molecular weight is 472 g/mol. The molecule has 4 rings (SSSR count). The van der Waals surface area contributed by atoms with Gasteiger partial charge in [0, 0.05) is 26.2 Å². The van der Waals surface area contributed by atoms with Gasteiger partial charge in [-0.25, -0.2) is 8.42 Å². The SMILES string of the molecule is O=C(NCC1CCCO1)c1ccccc1NC(=O)C1CCCN(S(=O)(=O)c2ccccc2)C1. The fourth-order valence-electron chi connectivity index (χ4n) is 4.25. The number of hydrogen-bond acceptors (Lipinski definition) is 5. The second-order valence-electron chi connectivity index (χ2n) is 8.40. The summed E-state index contributed by atoms with van der Waals surface area (Å²) in [5.74, 6) is -1.07. The predicted octanol–water partition coefficient (Wildman–Crippen LogP) is 2.63. The molecular formula is C24H29N3O5S. The van der Waals surface area contributed by atoms with Crippen LogP contribution in [0, 0.1) is 5.92 Å². The number of rotatable bonds is 7. The van der Waals surface area contributed by atoms with E-state index in [0.717, 1.165) is 12.8 Å². The highest BCUT2D eigenvalue weighted by Gasteiger charge is 2.33. The molecular weight excluding hydrogens is 442 g/mol. The molecule has 2 amide bonds. The first-order valence-corrected chi connectivity index (χ1v) is 12.7. The second-order valence-corrected chi connectivity index (χ2v) is 10.3. The van der Waals surface area contributed by atoms with Crippen molar-refractivity contribution in [1.82, 2.24) is 9.62 Å². The second kappa shape index (κ2) is 10.5. The Morgan fingerprint density at radius 1 is 1.00 bits per heavy atom. The van der Waals surface area contributed by atoms with Crippen LogP contribution >= 0.6 is 0 Å². The summed E-state index contributed by atoms with van der Waals surface area (Å²) in [7, 11) is -3.66. The molecule has 0 aromatic heterocycles. The van der Waals surface area contributed by atoms with Crippen molar-refractivity contribution in [1.29, 1.82) is 0 Å². The number of piperidine rings is 1. The molecule has 33 heavy (non-hydrogen) atoms. The smallest absolute Gasteiger partial charge is 0.253 e. The van der Waals surface area contributed by atoms with E-state index in [9.17, 15) is 18.0 Å². The van der Waals surface area contributed by atoms with Crippen molar-refractivity contribution in [3.05, 3.63) is 60.2 Å². The maximum Gasteiger partial charge on any atom is 0.253 e. The van der Waals surface area contributed by atoms with Crippen LogP contribution in [-0.2, 0) is 19.6 Å². The number of para-hydroxylation sites is 1. The Morgan fingerprint density at radius 2 is 1.76 bits per heavy atom. The molecule has 2 aromatic rings. The number of carbonyl (C=O) groups excluding carboxylic acids is 2. The molecule has 0 saturated carbocycles. The lowest BCUT2D eigenvalue weighted by Gasteiger charge is -2.31. The zero-order valence-electron chi connectivity index (χ0n) is 18.4. The highest BCUT2D eigenvalue weighted by atomic mass is 32.2. The molecule has 2 unspecified atom stereocenters. The van der Waals surface area contributed by atoms with Crippen molar-refractivity contribution in [3.63, 3.8) is 0 Å². The van der Waals surface area contributed by atoms with Gasteiger partial charge < -0.3 is 15.4 Å². The standard InChI is InChI=1S/C24H29N3O5S/c28-23(18-8-6-14-27(17-18)33(30,31)20-10-2-1-3-11-20)26-22-13-5-4-12-21(22)24(29)25-16-19-9-7-15-32-19/h1-5,10-13,18-19H,6-9,14-17H2,(H,25,29)(H,26,28). The van der Waals surface area contributed by atoms with E-state index in [4.69, 9.17) is 4.74 Å². The zero-order valence-corrected chi connectivity index (χ0v) is 19.2. The first-order valence-electron chi connectivity index (χ1n) is 11.3. The molecule has 2 aliphatic heterocycles. The highest BCUT2D eigenvalue weighted by Crippen LogP contribution is 2.25. The molecule has 8 nitrogen and oxygen atoms in total. The molecule has 2 atom stereocenters. The lowest BCUT2D eigenvalue weighted by molar-refractivity contribution is -0.120. The Balaban J connectivity index is 1.41. The van der Waals surface area contributed by atoms with Gasteiger partial charge in [-0.05, 0) is 49.9 Å². The molecule has 2 fully saturated rings. The summed E-state index contributed by atoms with van der Waals surface area (Å²) >= 11 is 0. The van der Waals surface area contributed by atoms with Crippen LogP contribution in [0.1, 0.15) is 36.0 Å². The minimum Gasteiger partial charge on any atom is -0.376 e. The number of ether oxygens (including phenoxy) is 1. The van der Waals surface area contributed by atoms with Crippen molar-refractivity contribution in [2.45, 2.75) is 36.7 Å². The van der Waals surface area contributed by atoms with E-state index in [2.05, 4.69) is 10.6 Å². The van der Waals surface area contributed by atoms with Crippen LogP contribution in [0.2, 0.25) is 0 Å². The summed E-state index contributed by atoms with van der Waals surface area (Å²) in [6.45, 7) is 1.63. The Morgan fingerprint density at radius 3 is 2.52 bits per heavy atom. The fourth-order valence-corrected chi connectivity index (χ4v) is 5.79. The molecule has 2 heterocycles. The van der Waals surface area contributed by atoms with Crippen LogP contribution < -0.4 is 10.6 Å². The van der Waals surface area contributed by atoms with Crippen LogP contribution in [0.3, 0.4) is 0 Å².